The first-order valence-corrected chi connectivity index (χ1v) is 8.43. The molecule has 5 heteroatoms. The number of carbonyl (C=O) groups excluding carboxylic acids is 2. The van der Waals surface area contributed by atoms with Crippen LogP contribution >= 0.6 is 0 Å². The minimum absolute atomic E-state index is 0.136. The van der Waals surface area contributed by atoms with E-state index in [9.17, 15) is 9.59 Å². The molecule has 0 radical (unpaired) electrons. The molecule has 0 bridgehead atoms. The summed E-state index contributed by atoms with van der Waals surface area (Å²) in [5.74, 6) is -0.255. The van der Waals surface area contributed by atoms with E-state index in [1.807, 2.05) is 56.3 Å². The molecule has 0 aromatic heterocycles. The van der Waals surface area contributed by atoms with E-state index in [2.05, 4.69) is 5.32 Å². The molecule has 0 unspecified atom stereocenters. The van der Waals surface area contributed by atoms with Crippen molar-refractivity contribution in [3.8, 4) is 5.75 Å². The first kappa shape index (κ1) is 19.5. The van der Waals surface area contributed by atoms with Crippen LogP contribution in [0.4, 0.5) is 5.69 Å². The minimum Gasteiger partial charge on any atom is -0.497 e. The maximum absolute atomic E-state index is 12.7. The second-order valence-electron chi connectivity index (χ2n) is 6.78. The van der Waals surface area contributed by atoms with Crippen LogP contribution in [0.1, 0.15) is 30.5 Å². The zero-order valence-corrected chi connectivity index (χ0v) is 15.9. The van der Waals surface area contributed by atoms with Crippen LogP contribution in [-0.4, -0.2) is 19.0 Å². The fourth-order valence-corrected chi connectivity index (χ4v) is 2.50. The van der Waals surface area contributed by atoms with E-state index in [4.69, 9.17) is 9.47 Å². The van der Waals surface area contributed by atoms with Crippen LogP contribution in [0.25, 0.3) is 0 Å². The molecule has 0 aliphatic rings. The molecule has 0 fully saturated rings. The number of amides is 1. The molecule has 2 aromatic rings. The largest absolute Gasteiger partial charge is 0.497 e. The highest BCUT2D eigenvalue weighted by molar-refractivity contribution is 6.08. The number of nitrogens with one attached hydrogen (secondary N) is 1. The van der Waals surface area contributed by atoms with Gasteiger partial charge in [0.25, 0.3) is 0 Å². The Balaban J connectivity index is 2.08. The Bertz CT molecular complexity index is 774. The van der Waals surface area contributed by atoms with Gasteiger partial charge < -0.3 is 14.8 Å². The van der Waals surface area contributed by atoms with Gasteiger partial charge >= 0.3 is 5.97 Å². The average molecular weight is 355 g/mol. The number of methoxy groups -OCH3 is 1. The lowest BCUT2D eigenvalue weighted by molar-refractivity contribution is -0.158. The van der Waals surface area contributed by atoms with Gasteiger partial charge in [-0.2, -0.15) is 0 Å². The van der Waals surface area contributed by atoms with E-state index in [1.54, 1.807) is 21.0 Å². The van der Waals surface area contributed by atoms with Gasteiger partial charge in [0.1, 0.15) is 17.8 Å². The van der Waals surface area contributed by atoms with Crippen LogP contribution in [0.2, 0.25) is 0 Å². The second kappa shape index (κ2) is 8.04. The number of hydrogen-bond donors (Lipinski definition) is 1. The van der Waals surface area contributed by atoms with E-state index < -0.39 is 17.3 Å². The Morgan fingerprint density at radius 3 is 2.15 bits per heavy atom. The predicted octanol–water partition coefficient (Wildman–Crippen LogP) is 4.02. The van der Waals surface area contributed by atoms with E-state index in [0.29, 0.717) is 5.69 Å². The summed E-state index contributed by atoms with van der Waals surface area (Å²) in [6, 6.07) is 13.0. The molecular weight excluding hydrogens is 330 g/mol. The molecule has 5 nitrogen and oxygen atoms in total. The van der Waals surface area contributed by atoms with Gasteiger partial charge in [-0.15, -0.1) is 0 Å². The molecule has 138 valence electrons. The molecule has 26 heavy (non-hydrogen) atoms. The third kappa shape index (κ3) is 4.42. The lowest BCUT2D eigenvalue weighted by Gasteiger charge is -2.23. The van der Waals surface area contributed by atoms with Crippen LogP contribution in [0.15, 0.2) is 42.5 Å². The lowest BCUT2D eigenvalue weighted by atomic mass is 9.92. The van der Waals surface area contributed by atoms with Gasteiger partial charge in [0.2, 0.25) is 5.91 Å². The number of esters is 1. The highest BCUT2D eigenvalue weighted by atomic mass is 16.5. The molecule has 0 saturated heterocycles. The zero-order chi connectivity index (χ0) is 19.3. The highest BCUT2D eigenvalue weighted by Gasteiger charge is 2.38. The third-order valence-electron chi connectivity index (χ3n) is 4.27. The predicted molar refractivity (Wildman–Crippen MR) is 101 cm³/mol. The Morgan fingerprint density at radius 1 is 1.04 bits per heavy atom. The zero-order valence-electron chi connectivity index (χ0n) is 15.9. The van der Waals surface area contributed by atoms with Crippen LogP contribution in [0.3, 0.4) is 0 Å². The SMILES string of the molecule is COc1cc(C)c(NC(=O)C(C)(C)C(=O)OCc2ccccc2)c(C)c1. The summed E-state index contributed by atoms with van der Waals surface area (Å²) in [6.45, 7) is 7.02. The summed E-state index contributed by atoms with van der Waals surface area (Å²) in [7, 11) is 1.60. The third-order valence-corrected chi connectivity index (χ3v) is 4.27. The molecule has 2 aromatic carbocycles. The van der Waals surface area contributed by atoms with E-state index in [-0.39, 0.29) is 6.61 Å². The summed E-state index contributed by atoms with van der Waals surface area (Å²) < 4.78 is 10.6. The molecule has 0 aliphatic carbocycles. The van der Waals surface area contributed by atoms with Crippen molar-refractivity contribution >= 4 is 17.6 Å². The van der Waals surface area contributed by atoms with Crippen molar-refractivity contribution in [2.24, 2.45) is 5.41 Å². The van der Waals surface area contributed by atoms with Crippen molar-refractivity contribution in [1.82, 2.24) is 0 Å². The summed E-state index contributed by atoms with van der Waals surface area (Å²) in [5, 5.41) is 2.85. The first-order chi connectivity index (χ1) is 12.3. The van der Waals surface area contributed by atoms with Gasteiger partial charge in [-0.25, -0.2) is 0 Å². The molecule has 2 rings (SSSR count). The standard InChI is InChI=1S/C21H25NO4/c1-14-11-17(25-5)12-15(2)18(14)22-19(23)21(3,4)20(24)26-13-16-9-7-6-8-10-16/h6-12H,13H2,1-5H3,(H,22,23). The molecular formula is C21H25NO4. The number of aryl methyl sites for hydroxylation is 2. The molecule has 1 amide bonds. The summed E-state index contributed by atoms with van der Waals surface area (Å²) >= 11 is 0. The van der Waals surface area contributed by atoms with E-state index >= 15 is 0 Å². The number of carbonyl (C=O) groups is 2. The van der Waals surface area contributed by atoms with E-state index in [0.717, 1.165) is 22.4 Å². The van der Waals surface area contributed by atoms with Crippen molar-refractivity contribution in [3.63, 3.8) is 0 Å². The van der Waals surface area contributed by atoms with Crippen LogP contribution in [0, 0.1) is 19.3 Å². The maximum Gasteiger partial charge on any atom is 0.321 e. The number of ether oxygens (including phenoxy) is 2. The summed E-state index contributed by atoms with van der Waals surface area (Å²) in [6.07, 6.45) is 0. The molecule has 0 heterocycles. The van der Waals surface area contributed by atoms with E-state index in [1.165, 1.54) is 0 Å². The number of rotatable bonds is 6. The number of hydrogen-bond acceptors (Lipinski definition) is 4. The van der Waals surface area contributed by atoms with Crippen LogP contribution < -0.4 is 10.1 Å². The Kier molecular flexibility index (Phi) is 6.03. The topological polar surface area (TPSA) is 64.6 Å². The summed E-state index contributed by atoms with van der Waals surface area (Å²) in [4.78, 5) is 25.1. The first-order valence-electron chi connectivity index (χ1n) is 8.43. The van der Waals surface area contributed by atoms with Gasteiger partial charge in [-0.05, 0) is 56.5 Å². The number of benzene rings is 2. The Hall–Kier alpha value is -2.82. The summed E-state index contributed by atoms with van der Waals surface area (Å²) in [5.41, 5.74) is 1.97. The maximum atomic E-state index is 12.7. The Morgan fingerprint density at radius 2 is 1.62 bits per heavy atom. The van der Waals surface area contributed by atoms with Gasteiger partial charge in [0.15, 0.2) is 0 Å². The van der Waals surface area contributed by atoms with Crippen molar-refractivity contribution < 1.29 is 19.1 Å². The smallest absolute Gasteiger partial charge is 0.321 e. The van der Waals surface area contributed by atoms with Gasteiger partial charge in [0.05, 0.1) is 7.11 Å². The normalized spacial score (nSPS) is 11.0. The quantitative estimate of drug-likeness (QED) is 0.628. The highest BCUT2D eigenvalue weighted by Crippen LogP contribution is 2.28. The van der Waals surface area contributed by atoms with Crippen LogP contribution in [0.5, 0.6) is 5.75 Å². The van der Waals surface area contributed by atoms with Crippen molar-refractivity contribution in [1.29, 1.82) is 0 Å². The second-order valence-corrected chi connectivity index (χ2v) is 6.78. The molecule has 0 aliphatic heterocycles. The minimum atomic E-state index is -1.31. The van der Waals surface area contributed by atoms with Crippen molar-refractivity contribution in [2.45, 2.75) is 34.3 Å². The average Bonchev–Trinajstić information content (AvgIpc) is 2.62. The number of anilines is 1. The fraction of sp³-hybridized carbons (Fsp3) is 0.333. The van der Waals surface area contributed by atoms with Gasteiger partial charge in [-0.1, -0.05) is 30.3 Å². The molecule has 0 spiro atoms. The molecule has 0 atom stereocenters. The van der Waals surface area contributed by atoms with Crippen molar-refractivity contribution in [3.05, 3.63) is 59.2 Å². The Labute approximate surface area is 154 Å². The van der Waals surface area contributed by atoms with Crippen molar-refractivity contribution in [2.75, 3.05) is 12.4 Å². The lowest BCUT2D eigenvalue weighted by Crippen LogP contribution is -2.39. The molecule has 1 N–H and O–H groups in total. The van der Waals surface area contributed by atoms with Crippen LogP contribution in [-0.2, 0) is 20.9 Å². The fourth-order valence-electron chi connectivity index (χ4n) is 2.50. The van der Waals surface area contributed by atoms with Gasteiger partial charge in [-0.3, -0.25) is 9.59 Å². The van der Waals surface area contributed by atoms with Gasteiger partial charge in [0, 0.05) is 5.69 Å². The molecule has 0 saturated carbocycles. The monoisotopic (exact) mass is 355 g/mol.